The van der Waals surface area contributed by atoms with Gasteiger partial charge in [0.25, 0.3) is 5.91 Å². The topological polar surface area (TPSA) is 55.8 Å². The van der Waals surface area contributed by atoms with Gasteiger partial charge in [-0.1, -0.05) is 6.07 Å². The van der Waals surface area contributed by atoms with Gasteiger partial charge in [0.15, 0.2) is 5.78 Å². The quantitative estimate of drug-likeness (QED) is 0.722. The molecule has 0 unspecified atom stereocenters. The molecule has 2 aromatic carbocycles. The van der Waals surface area contributed by atoms with Gasteiger partial charge in [-0.15, -0.1) is 0 Å². The Morgan fingerprint density at radius 1 is 1.06 bits per heavy atom. The molecule has 2 aromatic rings. The van der Waals surface area contributed by atoms with Crippen molar-refractivity contribution in [1.82, 2.24) is 4.90 Å². The second-order valence-electron chi connectivity index (χ2n) is 9.13. The van der Waals surface area contributed by atoms with Crippen LogP contribution in [0.4, 0.5) is 4.39 Å². The molecule has 168 valence electrons. The van der Waals surface area contributed by atoms with E-state index in [4.69, 9.17) is 9.47 Å². The third kappa shape index (κ3) is 4.36. The first-order valence-electron chi connectivity index (χ1n) is 11.6. The van der Waals surface area contributed by atoms with Gasteiger partial charge in [0.2, 0.25) is 0 Å². The molecular formula is C26H28FNO4. The molecule has 1 fully saturated rings. The lowest BCUT2D eigenvalue weighted by Crippen LogP contribution is -2.40. The Kier molecular flexibility index (Phi) is 5.85. The monoisotopic (exact) mass is 437 g/mol. The van der Waals surface area contributed by atoms with Crippen LogP contribution in [0.15, 0.2) is 30.3 Å². The van der Waals surface area contributed by atoms with Crippen LogP contribution in [-0.4, -0.2) is 42.9 Å². The molecule has 2 heterocycles. The number of benzene rings is 2. The molecule has 0 atom stereocenters. The smallest absolute Gasteiger partial charge is 0.256 e. The minimum Gasteiger partial charge on any atom is -0.493 e. The normalized spacial score (nSPS) is 18.5. The number of Topliss-reactive ketones (excluding diaryl/α,β-unsaturated/α-hetero) is 1. The Hall–Kier alpha value is -2.89. The van der Waals surface area contributed by atoms with E-state index >= 15 is 0 Å². The number of piperidine rings is 1. The summed E-state index contributed by atoms with van der Waals surface area (Å²) in [6, 6.07) is 9.15. The van der Waals surface area contributed by atoms with Crippen LogP contribution in [0.2, 0.25) is 0 Å². The summed E-state index contributed by atoms with van der Waals surface area (Å²) in [7, 11) is 0. The van der Waals surface area contributed by atoms with Gasteiger partial charge in [-0.3, -0.25) is 9.59 Å². The number of likely N-dealkylation sites (tertiary alicyclic amines) is 1. The highest BCUT2D eigenvalue weighted by Crippen LogP contribution is 2.29. The van der Waals surface area contributed by atoms with Gasteiger partial charge in [-0.2, -0.15) is 0 Å². The van der Waals surface area contributed by atoms with Gasteiger partial charge in [-0.25, -0.2) is 4.39 Å². The Morgan fingerprint density at radius 2 is 1.84 bits per heavy atom. The second-order valence-corrected chi connectivity index (χ2v) is 9.13. The summed E-state index contributed by atoms with van der Waals surface area (Å²) in [6.07, 6.45) is 6.64. The lowest BCUT2D eigenvalue weighted by molar-refractivity contribution is -0.121. The van der Waals surface area contributed by atoms with E-state index in [1.54, 1.807) is 4.90 Å². The third-order valence-corrected chi connectivity index (χ3v) is 6.86. The maximum Gasteiger partial charge on any atom is 0.256 e. The number of rotatable bonds is 4. The third-order valence-electron chi connectivity index (χ3n) is 6.86. The maximum absolute atomic E-state index is 14.6. The highest BCUT2D eigenvalue weighted by molar-refractivity contribution is 5.95. The van der Waals surface area contributed by atoms with E-state index in [9.17, 15) is 14.0 Å². The summed E-state index contributed by atoms with van der Waals surface area (Å²) in [6.45, 7) is 1.74. The predicted molar refractivity (Wildman–Crippen MR) is 118 cm³/mol. The molecule has 0 saturated carbocycles. The van der Waals surface area contributed by atoms with Gasteiger partial charge in [-0.05, 0) is 73.8 Å². The second kappa shape index (κ2) is 8.93. The first-order chi connectivity index (χ1) is 15.6. The Balaban J connectivity index is 1.17. The average molecular weight is 438 g/mol. The molecule has 3 aliphatic rings. The van der Waals surface area contributed by atoms with Gasteiger partial charge in [0, 0.05) is 31.1 Å². The van der Waals surface area contributed by atoms with E-state index in [1.165, 1.54) is 36.1 Å². The number of halogens is 1. The van der Waals surface area contributed by atoms with Gasteiger partial charge >= 0.3 is 0 Å². The molecule has 6 heteroatoms. The van der Waals surface area contributed by atoms with Gasteiger partial charge in [0.05, 0.1) is 12.2 Å². The Labute approximate surface area is 187 Å². The van der Waals surface area contributed by atoms with Crippen molar-refractivity contribution in [2.24, 2.45) is 5.92 Å². The number of nitrogens with zero attached hydrogens (tertiary/aromatic N) is 1. The van der Waals surface area contributed by atoms with Crippen LogP contribution in [0, 0.1) is 11.7 Å². The van der Waals surface area contributed by atoms with E-state index in [2.05, 4.69) is 18.2 Å². The van der Waals surface area contributed by atoms with Crippen molar-refractivity contribution in [2.45, 2.75) is 44.9 Å². The van der Waals surface area contributed by atoms with E-state index in [-0.39, 0.29) is 30.3 Å². The van der Waals surface area contributed by atoms with Crippen LogP contribution in [0.5, 0.6) is 11.5 Å². The molecule has 0 spiro atoms. The highest BCUT2D eigenvalue weighted by Gasteiger charge is 2.28. The number of carbonyl (C=O) groups excluding carboxylic acids is 2. The van der Waals surface area contributed by atoms with E-state index in [1.807, 2.05) is 0 Å². The van der Waals surface area contributed by atoms with Crippen LogP contribution < -0.4 is 9.47 Å². The summed E-state index contributed by atoms with van der Waals surface area (Å²) in [5.74, 6) is 0.670. The van der Waals surface area contributed by atoms with E-state index in [0.717, 1.165) is 31.4 Å². The van der Waals surface area contributed by atoms with Crippen LogP contribution in [0.25, 0.3) is 0 Å². The minimum atomic E-state index is -0.596. The lowest BCUT2D eigenvalue weighted by Gasteiger charge is -2.32. The van der Waals surface area contributed by atoms with Crippen molar-refractivity contribution in [3.8, 4) is 11.5 Å². The summed E-state index contributed by atoms with van der Waals surface area (Å²) < 4.78 is 25.9. The van der Waals surface area contributed by atoms with Crippen LogP contribution >= 0.6 is 0 Å². The van der Waals surface area contributed by atoms with Crippen molar-refractivity contribution < 1.29 is 23.5 Å². The lowest BCUT2D eigenvalue weighted by atomic mass is 9.92. The molecule has 0 aromatic heterocycles. The highest BCUT2D eigenvalue weighted by atomic mass is 19.1. The van der Waals surface area contributed by atoms with Crippen LogP contribution in [0.3, 0.4) is 0 Å². The number of hydrogen-bond donors (Lipinski definition) is 0. The largest absolute Gasteiger partial charge is 0.493 e. The fourth-order valence-electron chi connectivity index (χ4n) is 4.94. The van der Waals surface area contributed by atoms with Crippen molar-refractivity contribution in [3.05, 3.63) is 58.4 Å². The molecule has 5 nitrogen and oxygen atoms in total. The van der Waals surface area contributed by atoms with Crippen molar-refractivity contribution in [2.75, 3.05) is 26.3 Å². The Bertz CT molecular complexity index is 1040. The van der Waals surface area contributed by atoms with Crippen molar-refractivity contribution >= 4 is 11.7 Å². The molecule has 0 bridgehead atoms. The summed E-state index contributed by atoms with van der Waals surface area (Å²) >= 11 is 0. The number of ether oxygens (including phenoxy) is 2. The van der Waals surface area contributed by atoms with Crippen LogP contribution in [-0.2, 0) is 24.1 Å². The van der Waals surface area contributed by atoms with E-state index in [0.29, 0.717) is 36.9 Å². The number of amides is 1. The number of ketones is 1. The SMILES string of the molecule is O=C1COc2cc(F)c(C(=O)N3CCC(COc4ccc5c(c4)CCCC5)CC3)cc2C1. The molecule has 1 aliphatic carbocycles. The Morgan fingerprint density at radius 3 is 2.66 bits per heavy atom. The number of fused-ring (bicyclic) bond motifs is 2. The number of carbonyl (C=O) groups is 2. The van der Waals surface area contributed by atoms with E-state index < -0.39 is 5.82 Å². The molecule has 2 aliphatic heterocycles. The number of hydrogen-bond acceptors (Lipinski definition) is 4. The summed E-state index contributed by atoms with van der Waals surface area (Å²) in [5, 5.41) is 0. The average Bonchev–Trinajstić information content (AvgIpc) is 2.82. The fourth-order valence-corrected chi connectivity index (χ4v) is 4.94. The molecule has 0 radical (unpaired) electrons. The molecule has 1 amide bonds. The summed E-state index contributed by atoms with van der Waals surface area (Å²) in [5.41, 5.74) is 3.46. The minimum absolute atomic E-state index is 0.0193. The van der Waals surface area contributed by atoms with Gasteiger partial charge < -0.3 is 14.4 Å². The first-order valence-corrected chi connectivity index (χ1v) is 11.6. The summed E-state index contributed by atoms with van der Waals surface area (Å²) in [4.78, 5) is 26.3. The molecule has 32 heavy (non-hydrogen) atoms. The zero-order chi connectivity index (χ0) is 22.1. The maximum atomic E-state index is 14.6. The van der Waals surface area contributed by atoms with Gasteiger partial charge in [0.1, 0.15) is 23.9 Å². The molecule has 0 N–H and O–H groups in total. The number of aryl methyl sites for hydroxylation is 2. The van der Waals surface area contributed by atoms with Crippen molar-refractivity contribution in [3.63, 3.8) is 0 Å². The molecule has 1 saturated heterocycles. The zero-order valence-corrected chi connectivity index (χ0v) is 18.2. The zero-order valence-electron chi connectivity index (χ0n) is 18.2. The van der Waals surface area contributed by atoms with Crippen LogP contribution in [0.1, 0.15) is 52.7 Å². The standard InChI is InChI=1S/C26H28FNO4/c27-24-14-25-20(11-21(29)16-32-25)13-23(24)26(30)28-9-7-17(8-10-28)15-31-22-6-5-18-3-1-2-4-19(18)12-22/h5-6,12-14,17H,1-4,7-11,15-16H2. The predicted octanol–water partition coefficient (Wildman–Crippen LogP) is 4.14. The molecular weight excluding hydrogens is 409 g/mol. The fraction of sp³-hybridized carbons (Fsp3) is 0.462. The first kappa shape index (κ1) is 21.0. The van der Waals surface area contributed by atoms with Crippen molar-refractivity contribution in [1.29, 1.82) is 0 Å². The molecule has 5 rings (SSSR count).